The summed E-state index contributed by atoms with van der Waals surface area (Å²) in [6.45, 7) is 8.49. The van der Waals surface area contributed by atoms with Gasteiger partial charge in [-0.1, -0.05) is 32.0 Å². The molecular formula is C18H29N3O2. The maximum atomic E-state index is 12.2. The van der Waals surface area contributed by atoms with Gasteiger partial charge in [-0.15, -0.1) is 0 Å². The van der Waals surface area contributed by atoms with Crippen LogP contribution in [0.1, 0.15) is 45.6 Å². The van der Waals surface area contributed by atoms with E-state index >= 15 is 0 Å². The van der Waals surface area contributed by atoms with E-state index in [0.717, 1.165) is 17.7 Å². The van der Waals surface area contributed by atoms with E-state index in [9.17, 15) is 9.59 Å². The van der Waals surface area contributed by atoms with Gasteiger partial charge in [0.05, 0.1) is 13.1 Å². The first-order chi connectivity index (χ1) is 10.8. The van der Waals surface area contributed by atoms with Gasteiger partial charge in [-0.25, -0.2) is 0 Å². The average Bonchev–Trinajstić information content (AvgIpc) is 2.45. The predicted octanol–water partition coefficient (Wildman–Crippen LogP) is 2.60. The Hall–Kier alpha value is -1.88. The number of amides is 2. The molecule has 0 radical (unpaired) electrons. The molecule has 0 aliphatic carbocycles. The maximum Gasteiger partial charge on any atom is 0.238 e. The van der Waals surface area contributed by atoms with Crippen molar-refractivity contribution in [1.29, 1.82) is 0 Å². The summed E-state index contributed by atoms with van der Waals surface area (Å²) in [6, 6.07) is 7.97. The number of nitrogens with one attached hydrogen (secondary N) is 2. The van der Waals surface area contributed by atoms with Gasteiger partial charge in [-0.2, -0.15) is 0 Å². The highest BCUT2D eigenvalue weighted by Crippen LogP contribution is 2.26. The molecule has 0 heterocycles. The molecule has 5 heteroatoms. The summed E-state index contributed by atoms with van der Waals surface area (Å²) in [5.41, 5.74) is 2.00. The molecule has 1 atom stereocenters. The Morgan fingerprint density at radius 1 is 1.09 bits per heavy atom. The Morgan fingerprint density at radius 3 is 2.30 bits per heavy atom. The van der Waals surface area contributed by atoms with Crippen molar-refractivity contribution >= 4 is 17.5 Å². The fraction of sp³-hybridized carbons (Fsp3) is 0.556. The molecule has 2 amide bonds. The second-order valence-electron chi connectivity index (χ2n) is 6.34. The van der Waals surface area contributed by atoms with Crippen molar-refractivity contribution in [3.05, 3.63) is 29.8 Å². The van der Waals surface area contributed by atoms with E-state index in [1.165, 1.54) is 0 Å². The number of hydrogen-bond donors (Lipinski definition) is 2. The topological polar surface area (TPSA) is 61.4 Å². The smallest absolute Gasteiger partial charge is 0.238 e. The van der Waals surface area contributed by atoms with Crippen LogP contribution >= 0.6 is 0 Å². The Balaban J connectivity index is 2.58. The van der Waals surface area contributed by atoms with E-state index in [4.69, 9.17) is 0 Å². The van der Waals surface area contributed by atoms with E-state index in [1.54, 1.807) is 11.9 Å². The predicted molar refractivity (Wildman–Crippen MR) is 94.6 cm³/mol. The van der Waals surface area contributed by atoms with Crippen LogP contribution in [-0.2, 0) is 9.59 Å². The zero-order chi connectivity index (χ0) is 17.4. The third kappa shape index (κ3) is 6.82. The zero-order valence-electron chi connectivity index (χ0n) is 14.8. The Labute approximate surface area is 139 Å². The molecule has 0 aliphatic heterocycles. The van der Waals surface area contributed by atoms with Crippen LogP contribution in [0.5, 0.6) is 0 Å². The van der Waals surface area contributed by atoms with Gasteiger partial charge in [0.1, 0.15) is 0 Å². The number of rotatable bonds is 8. The molecule has 1 aromatic rings. The van der Waals surface area contributed by atoms with Crippen LogP contribution in [0, 0.1) is 0 Å². The second kappa shape index (κ2) is 9.30. The normalized spacial score (nSPS) is 12.3. The van der Waals surface area contributed by atoms with Gasteiger partial charge in [-0.3, -0.25) is 14.5 Å². The van der Waals surface area contributed by atoms with Gasteiger partial charge in [-0.05, 0) is 44.9 Å². The number of likely N-dealkylation sites (N-methyl/N-ethyl adjacent to an activating group) is 1. The third-order valence-corrected chi connectivity index (χ3v) is 3.65. The molecule has 2 N–H and O–H groups in total. The Morgan fingerprint density at radius 2 is 1.70 bits per heavy atom. The van der Waals surface area contributed by atoms with E-state index in [1.807, 2.05) is 38.1 Å². The molecule has 0 unspecified atom stereocenters. The van der Waals surface area contributed by atoms with Crippen LogP contribution in [0.2, 0.25) is 0 Å². The first kappa shape index (κ1) is 19.2. The van der Waals surface area contributed by atoms with Crippen molar-refractivity contribution in [2.75, 3.05) is 25.5 Å². The average molecular weight is 319 g/mol. The lowest BCUT2D eigenvalue weighted by Crippen LogP contribution is -2.41. The molecule has 0 saturated heterocycles. The molecule has 0 saturated carbocycles. The summed E-state index contributed by atoms with van der Waals surface area (Å²) >= 11 is 0. The molecule has 0 bridgehead atoms. The fourth-order valence-electron chi connectivity index (χ4n) is 2.36. The maximum absolute atomic E-state index is 12.2. The van der Waals surface area contributed by atoms with Crippen molar-refractivity contribution < 1.29 is 9.59 Å². The van der Waals surface area contributed by atoms with Crippen LogP contribution in [-0.4, -0.2) is 42.9 Å². The second-order valence-corrected chi connectivity index (χ2v) is 6.34. The Kier molecular flexibility index (Phi) is 7.75. The van der Waals surface area contributed by atoms with Crippen LogP contribution < -0.4 is 10.6 Å². The lowest BCUT2D eigenvalue weighted by atomic mass is 9.97. The third-order valence-electron chi connectivity index (χ3n) is 3.65. The van der Waals surface area contributed by atoms with Gasteiger partial charge < -0.3 is 10.6 Å². The summed E-state index contributed by atoms with van der Waals surface area (Å²) in [7, 11) is 1.76. The summed E-state index contributed by atoms with van der Waals surface area (Å²) < 4.78 is 0. The number of benzene rings is 1. The van der Waals surface area contributed by atoms with Crippen LogP contribution in [0.3, 0.4) is 0 Å². The van der Waals surface area contributed by atoms with Crippen LogP contribution in [0.15, 0.2) is 24.3 Å². The first-order valence-electron chi connectivity index (χ1n) is 8.20. The minimum Gasteiger partial charge on any atom is -0.353 e. The summed E-state index contributed by atoms with van der Waals surface area (Å²) in [4.78, 5) is 25.6. The minimum atomic E-state index is -0.111. The SMILES string of the molecule is CC[C@@H](C)c1ccccc1NC(=O)CN(C)CC(=O)NC(C)C. The minimum absolute atomic E-state index is 0.0738. The number of hydrogen-bond acceptors (Lipinski definition) is 3. The molecule has 5 nitrogen and oxygen atoms in total. The molecule has 128 valence electrons. The summed E-state index contributed by atoms with van der Waals surface area (Å²) in [5, 5.41) is 5.77. The van der Waals surface area contributed by atoms with E-state index in [-0.39, 0.29) is 30.9 Å². The van der Waals surface area contributed by atoms with Crippen molar-refractivity contribution in [1.82, 2.24) is 10.2 Å². The lowest BCUT2D eigenvalue weighted by Gasteiger charge is -2.19. The van der Waals surface area contributed by atoms with Crippen molar-refractivity contribution in [3.8, 4) is 0 Å². The van der Waals surface area contributed by atoms with Crippen molar-refractivity contribution in [2.24, 2.45) is 0 Å². The number of carbonyl (C=O) groups excluding carboxylic acids is 2. The summed E-state index contributed by atoms with van der Waals surface area (Å²) in [5.74, 6) is 0.206. The molecule has 0 aliphatic rings. The number of para-hydroxylation sites is 1. The fourth-order valence-corrected chi connectivity index (χ4v) is 2.36. The highest BCUT2D eigenvalue weighted by molar-refractivity contribution is 5.93. The molecule has 1 aromatic carbocycles. The van der Waals surface area contributed by atoms with Crippen molar-refractivity contribution in [2.45, 2.75) is 46.1 Å². The number of anilines is 1. The molecular weight excluding hydrogens is 290 g/mol. The molecule has 0 aromatic heterocycles. The summed E-state index contributed by atoms with van der Waals surface area (Å²) in [6.07, 6.45) is 1.02. The highest BCUT2D eigenvalue weighted by atomic mass is 16.2. The molecule has 1 rings (SSSR count). The van der Waals surface area contributed by atoms with Crippen LogP contribution in [0.25, 0.3) is 0 Å². The van der Waals surface area contributed by atoms with Gasteiger partial charge >= 0.3 is 0 Å². The van der Waals surface area contributed by atoms with Gasteiger partial charge in [0, 0.05) is 11.7 Å². The standard InChI is InChI=1S/C18H29N3O2/c1-6-14(4)15-9-7-8-10-16(15)20-18(23)12-21(5)11-17(22)19-13(2)3/h7-10,13-14H,6,11-12H2,1-5H3,(H,19,22)(H,20,23)/t14-/m1/s1. The zero-order valence-corrected chi connectivity index (χ0v) is 14.8. The molecule has 0 fully saturated rings. The van der Waals surface area contributed by atoms with E-state index in [2.05, 4.69) is 24.5 Å². The monoisotopic (exact) mass is 319 g/mol. The van der Waals surface area contributed by atoms with Crippen molar-refractivity contribution in [3.63, 3.8) is 0 Å². The largest absolute Gasteiger partial charge is 0.353 e. The quantitative estimate of drug-likeness (QED) is 0.774. The van der Waals surface area contributed by atoms with Gasteiger partial charge in [0.15, 0.2) is 0 Å². The lowest BCUT2D eigenvalue weighted by molar-refractivity contribution is -0.123. The first-order valence-corrected chi connectivity index (χ1v) is 8.20. The molecule has 0 spiro atoms. The van der Waals surface area contributed by atoms with Crippen LogP contribution in [0.4, 0.5) is 5.69 Å². The molecule has 23 heavy (non-hydrogen) atoms. The van der Waals surface area contributed by atoms with Gasteiger partial charge in [0.2, 0.25) is 11.8 Å². The van der Waals surface area contributed by atoms with Gasteiger partial charge in [0.25, 0.3) is 0 Å². The number of carbonyl (C=O) groups is 2. The van der Waals surface area contributed by atoms with E-state index in [0.29, 0.717) is 5.92 Å². The highest BCUT2D eigenvalue weighted by Gasteiger charge is 2.14. The number of nitrogens with zero attached hydrogens (tertiary/aromatic N) is 1. The Bertz CT molecular complexity index is 529. The van der Waals surface area contributed by atoms with E-state index < -0.39 is 0 Å².